The molecule has 0 spiro atoms. The predicted molar refractivity (Wildman–Crippen MR) is 45.4 cm³/mol. The van der Waals surface area contributed by atoms with Crippen LogP contribution in [0.4, 0.5) is 0 Å². The second kappa shape index (κ2) is 6.91. The van der Waals surface area contributed by atoms with Crippen molar-refractivity contribution in [2.75, 3.05) is 0 Å². The minimum Gasteiger partial charge on any atom is -0.543 e. The molecule has 0 atom stereocenters. The van der Waals surface area contributed by atoms with Crippen LogP contribution in [-0.2, 0) is 4.79 Å². The second-order valence-electron chi connectivity index (χ2n) is 3.54. The van der Waals surface area contributed by atoms with Crippen LogP contribution in [0.5, 0.6) is 0 Å². The average molecular weight is 191 g/mol. The standard InChI is InChI=1S/C9H15NO3.Li/c11-9(12)8(10-13)6-7-4-2-1-3-5-7;/h7,13H,1-6H2,(H,11,12);/q;+1/p-1. The van der Waals surface area contributed by atoms with Gasteiger partial charge in [0.15, 0.2) is 0 Å². The normalized spacial score (nSPS) is 18.7. The molecule has 0 aromatic carbocycles. The fraction of sp³-hybridized carbons (Fsp3) is 0.778. The molecule has 0 aliphatic heterocycles. The first-order chi connectivity index (χ1) is 6.24. The monoisotopic (exact) mass is 191 g/mol. The molecule has 4 nitrogen and oxygen atoms in total. The molecule has 5 heteroatoms. The predicted octanol–water partition coefficient (Wildman–Crippen LogP) is -2.46. The minimum absolute atomic E-state index is 0. The van der Waals surface area contributed by atoms with Gasteiger partial charge in [-0.05, 0) is 12.3 Å². The Bertz CT molecular complexity index is 212. The van der Waals surface area contributed by atoms with Crippen molar-refractivity contribution >= 4 is 11.7 Å². The molecule has 1 aliphatic carbocycles. The van der Waals surface area contributed by atoms with Crippen molar-refractivity contribution < 1.29 is 34.0 Å². The largest absolute Gasteiger partial charge is 1.00 e. The van der Waals surface area contributed by atoms with E-state index in [1.54, 1.807) is 0 Å². The number of hydrogen-bond acceptors (Lipinski definition) is 4. The Morgan fingerprint density at radius 2 is 1.93 bits per heavy atom. The van der Waals surface area contributed by atoms with Crippen LogP contribution in [0, 0.1) is 5.92 Å². The van der Waals surface area contributed by atoms with Crippen LogP contribution in [0.2, 0.25) is 0 Å². The maximum Gasteiger partial charge on any atom is 1.00 e. The van der Waals surface area contributed by atoms with Gasteiger partial charge in [0.1, 0.15) is 5.71 Å². The third-order valence-electron chi connectivity index (χ3n) is 2.56. The van der Waals surface area contributed by atoms with E-state index in [9.17, 15) is 9.90 Å². The molecule has 1 rings (SSSR count). The SMILES string of the molecule is O=C([O-])C(CC1CCCCC1)=NO.[Li+]. The van der Waals surface area contributed by atoms with Crippen LogP contribution >= 0.6 is 0 Å². The fourth-order valence-corrected chi connectivity index (χ4v) is 1.83. The van der Waals surface area contributed by atoms with Gasteiger partial charge in [-0.25, -0.2) is 0 Å². The molecule has 0 heterocycles. The van der Waals surface area contributed by atoms with Gasteiger partial charge in [-0.15, -0.1) is 0 Å². The molecule has 1 saturated carbocycles. The van der Waals surface area contributed by atoms with Gasteiger partial charge >= 0.3 is 18.9 Å². The van der Waals surface area contributed by atoms with Crippen molar-refractivity contribution in [3.8, 4) is 0 Å². The van der Waals surface area contributed by atoms with E-state index in [-0.39, 0.29) is 24.6 Å². The minimum atomic E-state index is -1.35. The van der Waals surface area contributed by atoms with Crippen molar-refractivity contribution in [2.24, 2.45) is 11.1 Å². The van der Waals surface area contributed by atoms with Gasteiger partial charge < -0.3 is 15.1 Å². The Labute approximate surface area is 95.5 Å². The van der Waals surface area contributed by atoms with E-state index in [1.165, 1.54) is 6.42 Å². The Morgan fingerprint density at radius 1 is 1.36 bits per heavy atom. The number of hydrogen-bond donors (Lipinski definition) is 1. The number of carboxylic acid groups (broad SMARTS) is 1. The number of carboxylic acids is 1. The van der Waals surface area contributed by atoms with Crippen LogP contribution in [0.15, 0.2) is 5.16 Å². The number of oxime groups is 1. The fourth-order valence-electron chi connectivity index (χ4n) is 1.83. The number of rotatable bonds is 3. The van der Waals surface area contributed by atoms with E-state index in [4.69, 9.17) is 5.21 Å². The second-order valence-corrected chi connectivity index (χ2v) is 3.54. The molecular formula is C9H14LiNO3. The van der Waals surface area contributed by atoms with Gasteiger partial charge in [-0.3, -0.25) is 0 Å². The van der Waals surface area contributed by atoms with E-state index >= 15 is 0 Å². The summed E-state index contributed by atoms with van der Waals surface area (Å²) >= 11 is 0. The van der Waals surface area contributed by atoms with Crippen molar-refractivity contribution in [3.63, 3.8) is 0 Å². The molecule has 1 aliphatic rings. The molecule has 0 radical (unpaired) electrons. The third kappa shape index (κ3) is 4.17. The molecule has 14 heavy (non-hydrogen) atoms. The smallest absolute Gasteiger partial charge is 0.543 e. The van der Waals surface area contributed by atoms with Crippen molar-refractivity contribution in [2.45, 2.75) is 38.5 Å². The number of carbonyl (C=O) groups is 1. The molecule has 0 saturated heterocycles. The van der Waals surface area contributed by atoms with E-state index in [2.05, 4.69) is 5.16 Å². The zero-order valence-electron chi connectivity index (χ0n) is 8.53. The molecule has 1 fully saturated rings. The molecule has 0 aromatic heterocycles. The summed E-state index contributed by atoms with van der Waals surface area (Å²) < 4.78 is 0. The summed E-state index contributed by atoms with van der Waals surface area (Å²) in [5.41, 5.74) is -0.216. The Kier molecular flexibility index (Phi) is 6.68. The molecule has 0 unspecified atom stereocenters. The first-order valence-corrected chi connectivity index (χ1v) is 4.66. The van der Waals surface area contributed by atoms with E-state index in [0.717, 1.165) is 25.7 Å². The van der Waals surface area contributed by atoms with E-state index < -0.39 is 5.97 Å². The molecule has 74 valence electrons. The van der Waals surface area contributed by atoms with Crippen LogP contribution in [0.3, 0.4) is 0 Å². The Balaban J connectivity index is 0.00000169. The van der Waals surface area contributed by atoms with Crippen molar-refractivity contribution in [3.05, 3.63) is 0 Å². The van der Waals surface area contributed by atoms with Crippen LogP contribution in [0.25, 0.3) is 0 Å². The first kappa shape index (κ1) is 13.5. The maximum absolute atomic E-state index is 10.4. The Hall–Kier alpha value is -0.463. The molecule has 0 bridgehead atoms. The summed E-state index contributed by atoms with van der Waals surface area (Å²) in [6.07, 6.45) is 5.94. The number of aliphatic carboxylic acids is 1. The first-order valence-electron chi connectivity index (χ1n) is 4.66. The quantitative estimate of drug-likeness (QED) is 0.233. The summed E-state index contributed by atoms with van der Waals surface area (Å²) in [5, 5.41) is 21.5. The topological polar surface area (TPSA) is 72.7 Å². The molecule has 0 amide bonds. The van der Waals surface area contributed by atoms with Gasteiger partial charge in [0.25, 0.3) is 0 Å². The molecule has 1 N–H and O–H groups in total. The maximum atomic E-state index is 10.4. The molecular weight excluding hydrogens is 177 g/mol. The van der Waals surface area contributed by atoms with E-state index in [0.29, 0.717) is 12.3 Å². The van der Waals surface area contributed by atoms with Gasteiger partial charge in [-0.1, -0.05) is 37.3 Å². The van der Waals surface area contributed by atoms with Crippen molar-refractivity contribution in [1.29, 1.82) is 0 Å². The summed E-state index contributed by atoms with van der Waals surface area (Å²) in [7, 11) is 0. The van der Waals surface area contributed by atoms with Gasteiger partial charge in [0.05, 0.1) is 5.97 Å². The average Bonchev–Trinajstić information content (AvgIpc) is 2.15. The van der Waals surface area contributed by atoms with Crippen molar-refractivity contribution in [1.82, 2.24) is 0 Å². The number of carbonyl (C=O) groups excluding carboxylic acids is 1. The zero-order chi connectivity index (χ0) is 9.68. The summed E-state index contributed by atoms with van der Waals surface area (Å²) in [6, 6.07) is 0. The van der Waals surface area contributed by atoms with Gasteiger partial charge in [0.2, 0.25) is 0 Å². The van der Waals surface area contributed by atoms with Crippen LogP contribution in [-0.4, -0.2) is 16.9 Å². The zero-order valence-corrected chi connectivity index (χ0v) is 8.53. The van der Waals surface area contributed by atoms with Gasteiger partial charge in [-0.2, -0.15) is 0 Å². The van der Waals surface area contributed by atoms with Crippen LogP contribution in [0.1, 0.15) is 38.5 Å². The Morgan fingerprint density at radius 3 is 2.36 bits per heavy atom. The molecule has 0 aromatic rings. The van der Waals surface area contributed by atoms with E-state index in [1.807, 2.05) is 0 Å². The summed E-state index contributed by atoms with van der Waals surface area (Å²) in [4.78, 5) is 10.4. The van der Waals surface area contributed by atoms with Crippen LogP contribution < -0.4 is 24.0 Å². The summed E-state index contributed by atoms with van der Waals surface area (Å²) in [6.45, 7) is 0. The summed E-state index contributed by atoms with van der Waals surface area (Å²) in [5.74, 6) is -0.995. The van der Waals surface area contributed by atoms with Gasteiger partial charge in [0, 0.05) is 0 Å². The number of nitrogens with zero attached hydrogens (tertiary/aromatic N) is 1. The third-order valence-corrected chi connectivity index (χ3v) is 2.56.